The van der Waals surface area contributed by atoms with Crippen LogP contribution in [0, 0.1) is 0 Å². The van der Waals surface area contributed by atoms with Gasteiger partial charge in [-0.25, -0.2) is 0 Å². The summed E-state index contributed by atoms with van der Waals surface area (Å²) in [6.45, 7) is 2.43. The first kappa shape index (κ1) is 16.1. The number of amides is 1. The molecule has 1 aliphatic rings. The summed E-state index contributed by atoms with van der Waals surface area (Å²) in [7, 11) is 0. The van der Waals surface area contributed by atoms with Gasteiger partial charge in [-0.05, 0) is 36.7 Å². The Morgan fingerprint density at radius 2 is 2.29 bits per heavy atom. The van der Waals surface area contributed by atoms with E-state index in [0.717, 1.165) is 30.7 Å². The van der Waals surface area contributed by atoms with E-state index in [0.29, 0.717) is 10.8 Å². The standard InChI is InChI=1S/C15H19NO3S2/c1-11(20)19-10-14(18)16-8-9-21-15(16)7-6-12-4-2-3-5-13(12)17/h2-5,15,17H,6-10H2,1H3/t15-/m0/s1. The molecule has 0 unspecified atom stereocenters. The molecule has 1 aliphatic heterocycles. The molecule has 0 spiro atoms. The van der Waals surface area contributed by atoms with Gasteiger partial charge in [-0.1, -0.05) is 18.2 Å². The number of carbonyl (C=O) groups excluding carboxylic acids is 1. The maximum Gasteiger partial charge on any atom is 0.261 e. The van der Waals surface area contributed by atoms with Gasteiger partial charge in [0.05, 0.1) is 5.37 Å². The number of nitrogens with zero attached hydrogens (tertiary/aromatic N) is 1. The van der Waals surface area contributed by atoms with E-state index in [1.165, 1.54) is 0 Å². The Morgan fingerprint density at radius 3 is 3.00 bits per heavy atom. The predicted molar refractivity (Wildman–Crippen MR) is 88.6 cm³/mol. The molecule has 1 aromatic rings. The SMILES string of the molecule is CC(=S)OCC(=O)N1CCS[C@H]1CCc1ccccc1O. The first-order valence-electron chi connectivity index (χ1n) is 6.89. The largest absolute Gasteiger partial charge is 0.508 e. The lowest BCUT2D eigenvalue weighted by atomic mass is 10.1. The van der Waals surface area contributed by atoms with Gasteiger partial charge in [0.2, 0.25) is 0 Å². The second kappa shape index (κ2) is 7.66. The average Bonchev–Trinajstić information content (AvgIpc) is 2.92. The van der Waals surface area contributed by atoms with Gasteiger partial charge in [-0.3, -0.25) is 4.79 Å². The van der Waals surface area contributed by atoms with Crippen molar-refractivity contribution >= 4 is 34.9 Å². The smallest absolute Gasteiger partial charge is 0.261 e. The molecule has 1 heterocycles. The maximum absolute atomic E-state index is 12.1. The van der Waals surface area contributed by atoms with E-state index in [1.807, 2.05) is 23.1 Å². The number of phenolic OH excluding ortho intramolecular Hbond substituents is 1. The summed E-state index contributed by atoms with van der Waals surface area (Å²) in [4.78, 5) is 14.0. The van der Waals surface area contributed by atoms with Crippen molar-refractivity contribution < 1.29 is 14.6 Å². The van der Waals surface area contributed by atoms with E-state index >= 15 is 0 Å². The first-order valence-corrected chi connectivity index (χ1v) is 8.35. The number of hydrogen-bond acceptors (Lipinski definition) is 5. The van der Waals surface area contributed by atoms with Crippen LogP contribution in [0.3, 0.4) is 0 Å². The van der Waals surface area contributed by atoms with Crippen molar-refractivity contribution in [2.75, 3.05) is 18.9 Å². The molecule has 0 radical (unpaired) electrons. The van der Waals surface area contributed by atoms with E-state index < -0.39 is 0 Å². The zero-order valence-electron chi connectivity index (χ0n) is 11.9. The number of carbonyl (C=O) groups is 1. The quantitative estimate of drug-likeness (QED) is 0.843. The highest BCUT2D eigenvalue weighted by atomic mass is 32.2. The number of thioether (sulfide) groups is 1. The van der Waals surface area contributed by atoms with Crippen LogP contribution in [0.15, 0.2) is 24.3 Å². The Bertz CT molecular complexity index is 521. The third-order valence-electron chi connectivity index (χ3n) is 3.36. The van der Waals surface area contributed by atoms with Gasteiger partial charge < -0.3 is 14.7 Å². The van der Waals surface area contributed by atoms with Crippen molar-refractivity contribution in [3.05, 3.63) is 29.8 Å². The molecular formula is C15H19NO3S2. The fourth-order valence-electron chi connectivity index (χ4n) is 2.29. The summed E-state index contributed by atoms with van der Waals surface area (Å²) in [6.07, 6.45) is 1.58. The Hall–Kier alpha value is -1.27. The Morgan fingerprint density at radius 1 is 1.52 bits per heavy atom. The summed E-state index contributed by atoms with van der Waals surface area (Å²) >= 11 is 6.59. The second-order valence-corrected chi connectivity index (χ2v) is 6.72. The van der Waals surface area contributed by atoms with Crippen molar-refractivity contribution in [3.63, 3.8) is 0 Å². The molecule has 114 valence electrons. The van der Waals surface area contributed by atoms with Crippen molar-refractivity contribution in [2.45, 2.75) is 25.1 Å². The summed E-state index contributed by atoms with van der Waals surface area (Å²) in [5.74, 6) is 1.23. The van der Waals surface area contributed by atoms with Crippen LogP contribution >= 0.6 is 24.0 Å². The van der Waals surface area contributed by atoms with E-state index in [4.69, 9.17) is 17.0 Å². The molecule has 0 saturated carbocycles. The number of phenols is 1. The van der Waals surface area contributed by atoms with Gasteiger partial charge >= 0.3 is 0 Å². The number of thiocarbonyl (C=S) groups is 1. The van der Waals surface area contributed by atoms with Crippen LogP contribution in [0.1, 0.15) is 18.9 Å². The number of aryl methyl sites for hydroxylation is 1. The lowest BCUT2D eigenvalue weighted by molar-refractivity contribution is -0.133. The Labute approximate surface area is 134 Å². The third-order valence-corrected chi connectivity index (χ3v) is 4.77. The molecule has 1 N–H and O–H groups in total. The fraction of sp³-hybridized carbons (Fsp3) is 0.467. The molecule has 0 aliphatic carbocycles. The van der Waals surface area contributed by atoms with Crippen LogP contribution in [-0.4, -0.2) is 45.2 Å². The zero-order valence-corrected chi connectivity index (χ0v) is 13.6. The van der Waals surface area contributed by atoms with E-state index in [2.05, 4.69) is 0 Å². The minimum Gasteiger partial charge on any atom is -0.508 e. The lowest BCUT2D eigenvalue weighted by Gasteiger charge is -2.23. The van der Waals surface area contributed by atoms with Crippen LogP contribution in [0.5, 0.6) is 5.75 Å². The molecule has 1 amide bonds. The summed E-state index contributed by atoms with van der Waals surface area (Å²) in [5, 5.41) is 10.3. The van der Waals surface area contributed by atoms with Gasteiger partial charge in [-0.15, -0.1) is 11.8 Å². The lowest BCUT2D eigenvalue weighted by Crippen LogP contribution is -2.37. The topological polar surface area (TPSA) is 49.8 Å². The van der Waals surface area contributed by atoms with Gasteiger partial charge in [0.1, 0.15) is 5.75 Å². The number of aromatic hydroxyl groups is 1. The summed E-state index contributed by atoms with van der Waals surface area (Å²) in [5.41, 5.74) is 0.920. The van der Waals surface area contributed by atoms with Gasteiger partial charge in [-0.2, -0.15) is 0 Å². The molecule has 1 atom stereocenters. The molecule has 0 aromatic heterocycles. The Balaban J connectivity index is 1.88. The highest BCUT2D eigenvalue weighted by Crippen LogP contribution is 2.29. The molecule has 0 bridgehead atoms. The predicted octanol–water partition coefficient (Wildman–Crippen LogP) is 2.59. The number of ether oxygens (including phenoxy) is 1. The molecule has 1 aromatic carbocycles. The Kier molecular flexibility index (Phi) is 5.87. The highest BCUT2D eigenvalue weighted by molar-refractivity contribution is 8.00. The van der Waals surface area contributed by atoms with E-state index in [1.54, 1.807) is 24.8 Å². The minimum absolute atomic E-state index is 0.0168. The normalized spacial score (nSPS) is 17.8. The maximum atomic E-state index is 12.1. The summed E-state index contributed by atoms with van der Waals surface area (Å²) < 4.78 is 5.14. The number of rotatable bonds is 5. The van der Waals surface area contributed by atoms with Crippen LogP contribution in [-0.2, 0) is 16.0 Å². The van der Waals surface area contributed by atoms with Crippen molar-refractivity contribution in [3.8, 4) is 5.75 Å². The van der Waals surface area contributed by atoms with Gasteiger partial charge in [0.25, 0.3) is 5.91 Å². The molecule has 21 heavy (non-hydrogen) atoms. The molecular weight excluding hydrogens is 306 g/mol. The molecule has 6 heteroatoms. The average molecular weight is 325 g/mol. The number of benzene rings is 1. The first-order chi connectivity index (χ1) is 10.1. The van der Waals surface area contributed by atoms with E-state index in [-0.39, 0.29) is 17.9 Å². The minimum atomic E-state index is -0.0218. The fourth-order valence-corrected chi connectivity index (χ4v) is 3.61. The molecule has 1 fully saturated rings. The second-order valence-electron chi connectivity index (χ2n) is 4.86. The third kappa shape index (κ3) is 4.61. The number of hydrogen-bond donors (Lipinski definition) is 1. The van der Waals surface area contributed by atoms with Gasteiger partial charge in [0, 0.05) is 19.2 Å². The van der Waals surface area contributed by atoms with Crippen LogP contribution in [0.25, 0.3) is 0 Å². The van der Waals surface area contributed by atoms with Crippen molar-refractivity contribution in [1.29, 1.82) is 0 Å². The van der Waals surface area contributed by atoms with Crippen LogP contribution < -0.4 is 0 Å². The van der Waals surface area contributed by atoms with Crippen molar-refractivity contribution in [1.82, 2.24) is 4.90 Å². The molecule has 1 saturated heterocycles. The summed E-state index contributed by atoms with van der Waals surface area (Å²) in [6, 6.07) is 7.33. The number of para-hydroxylation sites is 1. The van der Waals surface area contributed by atoms with Gasteiger partial charge in [0.15, 0.2) is 11.7 Å². The zero-order chi connectivity index (χ0) is 15.2. The van der Waals surface area contributed by atoms with Crippen LogP contribution in [0.2, 0.25) is 0 Å². The molecule has 2 rings (SSSR count). The highest BCUT2D eigenvalue weighted by Gasteiger charge is 2.29. The monoisotopic (exact) mass is 325 g/mol. The van der Waals surface area contributed by atoms with Crippen LogP contribution in [0.4, 0.5) is 0 Å². The van der Waals surface area contributed by atoms with Crippen molar-refractivity contribution in [2.24, 2.45) is 0 Å². The van der Waals surface area contributed by atoms with E-state index in [9.17, 15) is 9.90 Å². The molecule has 4 nitrogen and oxygen atoms in total.